The minimum atomic E-state index is 0.268. The van der Waals surface area contributed by atoms with E-state index >= 15 is 0 Å². The van der Waals surface area contributed by atoms with E-state index in [0.29, 0.717) is 5.92 Å². The molecule has 0 aromatic carbocycles. The van der Waals surface area contributed by atoms with Crippen LogP contribution in [-0.4, -0.2) is 29.1 Å². The maximum atomic E-state index is 5.94. The van der Waals surface area contributed by atoms with Crippen LogP contribution in [0.3, 0.4) is 0 Å². The van der Waals surface area contributed by atoms with Crippen LogP contribution < -0.4 is 10.6 Å². The van der Waals surface area contributed by atoms with E-state index in [1.165, 1.54) is 12.8 Å². The van der Waals surface area contributed by atoms with Crippen molar-refractivity contribution in [3.63, 3.8) is 0 Å². The zero-order valence-corrected chi connectivity index (χ0v) is 9.13. The molecule has 0 bridgehead atoms. The van der Waals surface area contributed by atoms with Crippen molar-refractivity contribution in [3.05, 3.63) is 18.6 Å². The van der Waals surface area contributed by atoms with Gasteiger partial charge in [-0.1, -0.05) is 0 Å². The molecule has 1 fully saturated rings. The van der Waals surface area contributed by atoms with Crippen LogP contribution in [0.2, 0.25) is 0 Å². The molecular formula is C11H18N4. The number of hydrogen-bond donors (Lipinski definition) is 1. The molecule has 15 heavy (non-hydrogen) atoms. The smallest absolute Gasteiger partial charge is 0.147 e. The Morgan fingerprint density at radius 3 is 3.07 bits per heavy atom. The van der Waals surface area contributed by atoms with Crippen molar-refractivity contribution in [2.45, 2.75) is 25.8 Å². The molecule has 2 heterocycles. The van der Waals surface area contributed by atoms with E-state index in [9.17, 15) is 0 Å². The Labute approximate surface area is 90.5 Å². The minimum Gasteiger partial charge on any atom is -0.355 e. The van der Waals surface area contributed by atoms with Gasteiger partial charge < -0.3 is 10.6 Å². The lowest BCUT2D eigenvalue weighted by Crippen LogP contribution is -2.42. The molecule has 2 rings (SSSR count). The Morgan fingerprint density at radius 1 is 1.53 bits per heavy atom. The zero-order valence-electron chi connectivity index (χ0n) is 9.13. The molecule has 0 radical (unpaired) electrons. The fourth-order valence-corrected chi connectivity index (χ4v) is 2.10. The Hall–Kier alpha value is -1.16. The standard InChI is InChI=1S/C11H18N4/c1-9(12)10-3-2-6-15(8-10)11-7-13-4-5-14-11/h4-5,7,9-10H,2-3,6,8,12H2,1H3. The van der Waals surface area contributed by atoms with Crippen molar-refractivity contribution in [3.8, 4) is 0 Å². The summed E-state index contributed by atoms with van der Waals surface area (Å²) in [5.41, 5.74) is 5.94. The lowest BCUT2D eigenvalue weighted by Gasteiger charge is -2.35. The van der Waals surface area contributed by atoms with Gasteiger partial charge in [-0.15, -0.1) is 0 Å². The van der Waals surface area contributed by atoms with E-state index < -0.39 is 0 Å². The molecule has 2 N–H and O–H groups in total. The number of piperidine rings is 1. The van der Waals surface area contributed by atoms with Crippen molar-refractivity contribution >= 4 is 5.82 Å². The molecule has 0 amide bonds. The summed E-state index contributed by atoms with van der Waals surface area (Å²) in [6.45, 7) is 4.17. The normalized spacial score (nSPS) is 23.9. The predicted octanol–water partition coefficient (Wildman–Crippen LogP) is 1.04. The first-order valence-corrected chi connectivity index (χ1v) is 5.54. The number of nitrogens with zero attached hydrogens (tertiary/aromatic N) is 3. The molecular weight excluding hydrogens is 188 g/mol. The molecule has 1 aromatic rings. The third-order valence-electron chi connectivity index (χ3n) is 3.07. The Balaban J connectivity index is 2.05. The number of hydrogen-bond acceptors (Lipinski definition) is 4. The summed E-state index contributed by atoms with van der Waals surface area (Å²) in [6.07, 6.45) is 7.70. The van der Waals surface area contributed by atoms with E-state index in [-0.39, 0.29) is 6.04 Å². The summed E-state index contributed by atoms with van der Waals surface area (Å²) >= 11 is 0. The van der Waals surface area contributed by atoms with Gasteiger partial charge in [0.2, 0.25) is 0 Å². The third-order valence-corrected chi connectivity index (χ3v) is 3.07. The predicted molar refractivity (Wildman–Crippen MR) is 60.6 cm³/mol. The Kier molecular flexibility index (Phi) is 3.16. The summed E-state index contributed by atoms with van der Waals surface area (Å²) in [7, 11) is 0. The second-order valence-electron chi connectivity index (χ2n) is 4.27. The monoisotopic (exact) mass is 206 g/mol. The molecule has 0 aliphatic carbocycles. The van der Waals surface area contributed by atoms with Gasteiger partial charge >= 0.3 is 0 Å². The fraction of sp³-hybridized carbons (Fsp3) is 0.636. The van der Waals surface area contributed by atoms with E-state index in [2.05, 4.69) is 21.8 Å². The van der Waals surface area contributed by atoms with Gasteiger partial charge in [-0.3, -0.25) is 4.98 Å². The average molecular weight is 206 g/mol. The minimum absolute atomic E-state index is 0.268. The quantitative estimate of drug-likeness (QED) is 0.785. The van der Waals surface area contributed by atoms with Gasteiger partial charge in [0.15, 0.2) is 0 Å². The summed E-state index contributed by atoms with van der Waals surface area (Å²) in [6, 6.07) is 0.268. The van der Waals surface area contributed by atoms with Crippen LogP contribution in [-0.2, 0) is 0 Å². The van der Waals surface area contributed by atoms with E-state index in [0.717, 1.165) is 18.9 Å². The highest BCUT2D eigenvalue weighted by Gasteiger charge is 2.23. The molecule has 2 atom stereocenters. The van der Waals surface area contributed by atoms with Crippen LogP contribution in [0.15, 0.2) is 18.6 Å². The molecule has 4 nitrogen and oxygen atoms in total. The molecule has 4 heteroatoms. The van der Waals surface area contributed by atoms with Crippen LogP contribution in [0.1, 0.15) is 19.8 Å². The highest BCUT2D eigenvalue weighted by atomic mass is 15.2. The maximum Gasteiger partial charge on any atom is 0.147 e. The number of rotatable bonds is 2. The van der Waals surface area contributed by atoms with Crippen LogP contribution in [0, 0.1) is 5.92 Å². The molecule has 2 unspecified atom stereocenters. The Bertz CT molecular complexity index is 299. The van der Waals surface area contributed by atoms with Gasteiger partial charge in [0.1, 0.15) is 5.82 Å². The molecule has 82 valence electrons. The fourth-order valence-electron chi connectivity index (χ4n) is 2.10. The number of anilines is 1. The van der Waals surface area contributed by atoms with Crippen molar-refractivity contribution in [2.75, 3.05) is 18.0 Å². The third kappa shape index (κ3) is 2.45. The van der Waals surface area contributed by atoms with Crippen LogP contribution in [0.4, 0.5) is 5.82 Å². The molecule has 1 aliphatic rings. The number of aromatic nitrogens is 2. The SMILES string of the molecule is CC(N)C1CCCN(c2cnccn2)C1. The first-order valence-electron chi connectivity index (χ1n) is 5.54. The van der Waals surface area contributed by atoms with Gasteiger partial charge in [0.05, 0.1) is 6.20 Å². The average Bonchev–Trinajstić information content (AvgIpc) is 2.30. The van der Waals surface area contributed by atoms with Crippen molar-refractivity contribution in [1.29, 1.82) is 0 Å². The number of nitrogens with two attached hydrogens (primary N) is 1. The van der Waals surface area contributed by atoms with Gasteiger partial charge in [0.25, 0.3) is 0 Å². The molecule has 1 aromatic heterocycles. The summed E-state index contributed by atoms with van der Waals surface area (Å²) in [5, 5.41) is 0. The van der Waals surface area contributed by atoms with Crippen LogP contribution in [0.25, 0.3) is 0 Å². The van der Waals surface area contributed by atoms with Gasteiger partial charge in [-0.05, 0) is 25.7 Å². The maximum absolute atomic E-state index is 5.94. The topological polar surface area (TPSA) is 55.0 Å². The summed E-state index contributed by atoms with van der Waals surface area (Å²) in [5.74, 6) is 1.56. The van der Waals surface area contributed by atoms with Gasteiger partial charge in [-0.2, -0.15) is 0 Å². The van der Waals surface area contributed by atoms with Crippen molar-refractivity contribution in [1.82, 2.24) is 9.97 Å². The van der Waals surface area contributed by atoms with E-state index in [4.69, 9.17) is 5.73 Å². The molecule has 0 spiro atoms. The lowest BCUT2D eigenvalue weighted by molar-refractivity contribution is 0.363. The lowest BCUT2D eigenvalue weighted by atomic mass is 9.92. The van der Waals surface area contributed by atoms with Crippen LogP contribution in [0.5, 0.6) is 0 Å². The first kappa shape index (κ1) is 10.4. The van der Waals surface area contributed by atoms with Crippen molar-refractivity contribution in [2.24, 2.45) is 11.7 Å². The summed E-state index contributed by atoms with van der Waals surface area (Å²) in [4.78, 5) is 10.7. The van der Waals surface area contributed by atoms with E-state index in [1.807, 2.05) is 6.20 Å². The van der Waals surface area contributed by atoms with Gasteiger partial charge in [0, 0.05) is 31.5 Å². The highest BCUT2D eigenvalue weighted by Crippen LogP contribution is 2.22. The first-order chi connectivity index (χ1) is 7.27. The second kappa shape index (κ2) is 4.57. The highest BCUT2D eigenvalue weighted by molar-refractivity contribution is 5.35. The zero-order chi connectivity index (χ0) is 10.7. The summed E-state index contributed by atoms with van der Waals surface area (Å²) < 4.78 is 0. The van der Waals surface area contributed by atoms with Crippen molar-refractivity contribution < 1.29 is 0 Å². The van der Waals surface area contributed by atoms with Crippen LogP contribution >= 0.6 is 0 Å². The molecule has 1 aliphatic heterocycles. The molecule has 1 saturated heterocycles. The van der Waals surface area contributed by atoms with E-state index in [1.54, 1.807) is 12.4 Å². The largest absolute Gasteiger partial charge is 0.355 e. The molecule has 0 saturated carbocycles. The Morgan fingerprint density at radius 2 is 2.40 bits per heavy atom. The second-order valence-corrected chi connectivity index (χ2v) is 4.27. The van der Waals surface area contributed by atoms with Gasteiger partial charge in [-0.25, -0.2) is 4.98 Å².